The van der Waals surface area contributed by atoms with E-state index >= 15 is 0 Å². The molecule has 0 atom stereocenters. The molecule has 0 unspecified atom stereocenters. The number of nitro benzene ring substituents is 7. The summed E-state index contributed by atoms with van der Waals surface area (Å²) >= 11 is 0. The monoisotopic (exact) mass is 597 g/mol. The van der Waals surface area contributed by atoms with Crippen LogP contribution in [0, 0.1) is 70.8 Å². The third-order valence-electron chi connectivity index (χ3n) is 5.61. The number of benzene rings is 3. The summed E-state index contributed by atoms with van der Waals surface area (Å²) in [6, 6.07) is 5.01. The molecule has 0 bridgehead atoms. The van der Waals surface area contributed by atoms with Gasteiger partial charge in [-0.15, -0.1) is 0 Å². The zero-order valence-electron chi connectivity index (χ0n) is 20.7. The van der Waals surface area contributed by atoms with Crippen molar-refractivity contribution in [2.24, 2.45) is 0 Å². The molecule has 21 heteroatoms. The van der Waals surface area contributed by atoms with Crippen molar-refractivity contribution in [3.8, 4) is 0 Å². The van der Waals surface area contributed by atoms with Gasteiger partial charge in [-0.2, -0.15) is 0 Å². The van der Waals surface area contributed by atoms with Crippen LogP contribution >= 0.6 is 0 Å². The molecule has 218 valence electrons. The third kappa shape index (κ3) is 6.40. The second-order valence-electron chi connectivity index (χ2n) is 8.04. The van der Waals surface area contributed by atoms with Crippen molar-refractivity contribution in [3.05, 3.63) is 136 Å². The fraction of sp³-hybridized carbons (Fsp3) is 0. The summed E-state index contributed by atoms with van der Waals surface area (Å²) in [5.41, 5.74) is -9.15. The molecule has 0 spiro atoms. The van der Waals surface area contributed by atoms with Crippen molar-refractivity contribution in [2.75, 3.05) is 0 Å². The summed E-state index contributed by atoms with van der Waals surface area (Å²) in [4.78, 5) is 73.0. The standard InChI is InChI=1S/C22H11N7O14/c30-23(31)14-5-1-12(18(9-14)25(34)35)3-7-16-20(27(38)39)11-21(28(40)41)17(22(16)29(42)43)8-4-13-2-6-15(24(32)33)10-19(13)26(36)37/h1-11H. The van der Waals surface area contributed by atoms with E-state index in [1.165, 1.54) is 0 Å². The van der Waals surface area contributed by atoms with E-state index in [0.717, 1.165) is 36.4 Å². The maximum Gasteiger partial charge on any atom is 0.297 e. The van der Waals surface area contributed by atoms with Gasteiger partial charge in [0, 0.05) is 12.1 Å². The minimum Gasteiger partial charge on any atom is -0.258 e. The molecule has 43 heavy (non-hydrogen) atoms. The van der Waals surface area contributed by atoms with Gasteiger partial charge in [-0.1, -0.05) is 0 Å². The van der Waals surface area contributed by atoms with E-state index in [1.54, 1.807) is 0 Å². The lowest BCUT2D eigenvalue weighted by Gasteiger charge is -2.06. The van der Waals surface area contributed by atoms with Crippen molar-refractivity contribution in [1.29, 1.82) is 0 Å². The van der Waals surface area contributed by atoms with Gasteiger partial charge in [0.05, 0.1) is 63.8 Å². The Morgan fingerprint density at radius 3 is 1.02 bits per heavy atom. The van der Waals surface area contributed by atoms with Crippen molar-refractivity contribution >= 4 is 64.1 Å². The van der Waals surface area contributed by atoms with Crippen LogP contribution in [0.2, 0.25) is 0 Å². The predicted octanol–water partition coefficient (Wildman–Crippen LogP) is 5.38. The van der Waals surface area contributed by atoms with Crippen LogP contribution in [0.1, 0.15) is 22.3 Å². The lowest BCUT2D eigenvalue weighted by atomic mass is 9.99. The number of nitrogens with zero attached hydrogens (tertiary/aromatic N) is 7. The molecule has 0 amide bonds. The Bertz CT molecular complexity index is 1710. The quantitative estimate of drug-likeness (QED) is 0.152. The first-order valence-corrected chi connectivity index (χ1v) is 11.0. The average molecular weight is 597 g/mol. The van der Waals surface area contributed by atoms with Gasteiger partial charge in [-0.05, 0) is 36.4 Å². The van der Waals surface area contributed by atoms with Crippen molar-refractivity contribution in [2.45, 2.75) is 0 Å². The first kappa shape index (κ1) is 30.5. The first-order valence-electron chi connectivity index (χ1n) is 11.0. The van der Waals surface area contributed by atoms with E-state index in [9.17, 15) is 70.8 Å². The largest absolute Gasteiger partial charge is 0.297 e. The second kappa shape index (κ2) is 12.0. The summed E-state index contributed by atoms with van der Waals surface area (Å²) in [7, 11) is 0. The smallest absolute Gasteiger partial charge is 0.258 e. The van der Waals surface area contributed by atoms with Crippen LogP contribution in [0.3, 0.4) is 0 Å². The highest BCUT2D eigenvalue weighted by molar-refractivity contribution is 5.90. The molecule has 0 fully saturated rings. The molecular formula is C22H11N7O14. The molecule has 3 aromatic carbocycles. The van der Waals surface area contributed by atoms with Crippen LogP contribution in [0.5, 0.6) is 0 Å². The highest BCUT2D eigenvalue weighted by Crippen LogP contribution is 2.41. The fourth-order valence-electron chi connectivity index (χ4n) is 3.74. The van der Waals surface area contributed by atoms with Crippen molar-refractivity contribution < 1.29 is 34.5 Å². The van der Waals surface area contributed by atoms with Crippen LogP contribution in [0.4, 0.5) is 39.8 Å². The second-order valence-corrected chi connectivity index (χ2v) is 8.04. The molecule has 3 rings (SSSR count). The Kier molecular flexibility index (Phi) is 8.50. The van der Waals surface area contributed by atoms with Crippen LogP contribution in [0.15, 0.2) is 42.5 Å². The Morgan fingerprint density at radius 2 is 0.744 bits per heavy atom. The highest BCUT2D eigenvalue weighted by atomic mass is 16.7. The Hall–Kier alpha value is -7.06. The summed E-state index contributed by atoms with van der Waals surface area (Å²) in [6.45, 7) is 0. The van der Waals surface area contributed by atoms with Gasteiger partial charge in [0.25, 0.3) is 39.8 Å². The van der Waals surface area contributed by atoms with Gasteiger partial charge in [-0.25, -0.2) is 0 Å². The maximum absolute atomic E-state index is 12.1. The molecule has 0 aliphatic rings. The molecule has 0 heterocycles. The third-order valence-corrected chi connectivity index (χ3v) is 5.61. The van der Waals surface area contributed by atoms with E-state index in [2.05, 4.69) is 0 Å². The zero-order chi connectivity index (χ0) is 32.2. The molecule has 0 radical (unpaired) electrons. The van der Waals surface area contributed by atoms with Crippen molar-refractivity contribution in [1.82, 2.24) is 0 Å². The maximum atomic E-state index is 12.1. The molecule has 0 aromatic heterocycles. The number of hydrogen-bond acceptors (Lipinski definition) is 14. The lowest BCUT2D eigenvalue weighted by molar-refractivity contribution is -0.403. The summed E-state index contributed by atoms with van der Waals surface area (Å²) in [5, 5.41) is 80.5. The Morgan fingerprint density at radius 1 is 0.395 bits per heavy atom. The fourth-order valence-corrected chi connectivity index (χ4v) is 3.74. The van der Waals surface area contributed by atoms with Gasteiger partial charge in [0.15, 0.2) is 0 Å². The van der Waals surface area contributed by atoms with Gasteiger partial charge >= 0.3 is 0 Å². The molecule has 0 aliphatic heterocycles. The van der Waals surface area contributed by atoms with Crippen LogP contribution in [-0.4, -0.2) is 34.5 Å². The lowest BCUT2D eigenvalue weighted by Crippen LogP contribution is -2.04. The number of non-ortho nitro benzene ring substituents is 2. The normalized spacial score (nSPS) is 11.0. The average Bonchev–Trinajstić information content (AvgIpc) is 2.93. The van der Waals surface area contributed by atoms with Crippen LogP contribution in [0.25, 0.3) is 24.3 Å². The number of nitro groups is 7. The molecule has 0 saturated carbocycles. The zero-order valence-corrected chi connectivity index (χ0v) is 20.7. The number of hydrogen-bond donors (Lipinski definition) is 0. The van der Waals surface area contributed by atoms with E-state index < -0.39 is 85.4 Å². The first-order chi connectivity index (χ1) is 20.1. The van der Waals surface area contributed by atoms with E-state index in [1.807, 2.05) is 0 Å². The summed E-state index contributed by atoms with van der Waals surface area (Å²) in [5.74, 6) is 0. The van der Waals surface area contributed by atoms with Crippen LogP contribution < -0.4 is 0 Å². The molecule has 3 aromatic rings. The number of rotatable bonds is 11. The van der Waals surface area contributed by atoms with Gasteiger partial charge < -0.3 is 0 Å². The molecule has 0 N–H and O–H groups in total. The van der Waals surface area contributed by atoms with Crippen LogP contribution in [-0.2, 0) is 0 Å². The molecule has 21 nitrogen and oxygen atoms in total. The van der Waals surface area contributed by atoms with Gasteiger partial charge in [0.1, 0.15) is 11.1 Å². The van der Waals surface area contributed by atoms with E-state index in [4.69, 9.17) is 0 Å². The van der Waals surface area contributed by atoms with E-state index in [0.29, 0.717) is 30.4 Å². The SMILES string of the molecule is O=[N+]([O-])c1ccc(C=Cc2c([N+](=O)[O-])cc([N+](=O)[O-])c(C=Cc3ccc([N+](=O)[O-])cc3[N+](=O)[O-])c2[N+](=O)[O-])c([N+](=O)[O-])c1. The van der Waals surface area contributed by atoms with Crippen molar-refractivity contribution in [3.63, 3.8) is 0 Å². The van der Waals surface area contributed by atoms with E-state index in [-0.39, 0.29) is 11.1 Å². The minimum atomic E-state index is -1.25. The predicted molar refractivity (Wildman–Crippen MR) is 144 cm³/mol. The topological polar surface area (TPSA) is 302 Å². The molecular weight excluding hydrogens is 586 g/mol. The Balaban J connectivity index is 2.34. The highest BCUT2D eigenvalue weighted by Gasteiger charge is 2.35. The minimum absolute atomic E-state index is 0.362. The Labute approximate surface area is 234 Å². The molecule has 0 aliphatic carbocycles. The summed E-state index contributed by atoms with van der Waals surface area (Å²) in [6.07, 6.45) is 2.91. The van der Waals surface area contributed by atoms with Gasteiger partial charge in [-0.3, -0.25) is 70.8 Å². The summed E-state index contributed by atoms with van der Waals surface area (Å²) < 4.78 is 0. The van der Waals surface area contributed by atoms with Gasteiger partial charge in [0.2, 0.25) is 0 Å². The molecule has 0 saturated heterocycles.